The summed E-state index contributed by atoms with van der Waals surface area (Å²) in [7, 11) is 0. The van der Waals surface area contributed by atoms with Crippen LogP contribution in [0, 0.1) is 11.8 Å². The highest BCUT2D eigenvalue weighted by Gasteiger charge is 1.96. The maximum Gasteiger partial charge on any atom is -0.0322 e. The Morgan fingerprint density at radius 3 is 2.00 bits per heavy atom. The van der Waals surface area contributed by atoms with E-state index in [0.29, 0.717) is 0 Å². The van der Waals surface area contributed by atoms with Gasteiger partial charge in [0.05, 0.1) is 0 Å². The minimum Gasteiger partial charge on any atom is -0.103 e. The highest BCUT2D eigenvalue weighted by atomic mass is 14.0. The second-order valence-corrected chi connectivity index (χ2v) is 4.09. The average Bonchev–Trinajstić information content (AvgIpc) is 2.12. The van der Waals surface area contributed by atoms with E-state index in [1.54, 1.807) is 0 Å². The van der Waals surface area contributed by atoms with Crippen molar-refractivity contribution in [2.24, 2.45) is 11.8 Å². The van der Waals surface area contributed by atoms with E-state index >= 15 is 0 Å². The summed E-state index contributed by atoms with van der Waals surface area (Å²) in [5.74, 6) is 1.59. The minimum absolute atomic E-state index is 0.755. The molecular formula is C13H24. The van der Waals surface area contributed by atoms with Crippen LogP contribution in [0.5, 0.6) is 0 Å². The van der Waals surface area contributed by atoms with E-state index in [2.05, 4.69) is 39.5 Å². The van der Waals surface area contributed by atoms with Crippen molar-refractivity contribution in [3.05, 3.63) is 24.8 Å². The van der Waals surface area contributed by atoms with Gasteiger partial charge in [-0.2, -0.15) is 0 Å². The van der Waals surface area contributed by atoms with Gasteiger partial charge < -0.3 is 0 Å². The van der Waals surface area contributed by atoms with E-state index in [1.807, 2.05) is 6.08 Å². The lowest BCUT2D eigenvalue weighted by Crippen LogP contribution is -1.90. The van der Waals surface area contributed by atoms with Crippen molar-refractivity contribution in [2.75, 3.05) is 0 Å². The van der Waals surface area contributed by atoms with Crippen LogP contribution in [0.25, 0.3) is 0 Å². The monoisotopic (exact) mass is 180 g/mol. The van der Waals surface area contributed by atoms with Crippen molar-refractivity contribution in [1.82, 2.24) is 0 Å². The smallest absolute Gasteiger partial charge is 0.0322 e. The van der Waals surface area contributed by atoms with E-state index in [4.69, 9.17) is 0 Å². The fourth-order valence-corrected chi connectivity index (χ4v) is 1.20. The maximum atomic E-state index is 3.75. The van der Waals surface area contributed by atoms with Crippen LogP contribution in [0.15, 0.2) is 24.8 Å². The fourth-order valence-electron chi connectivity index (χ4n) is 1.20. The van der Waals surface area contributed by atoms with Gasteiger partial charge >= 0.3 is 0 Å². The van der Waals surface area contributed by atoms with Gasteiger partial charge in [0.15, 0.2) is 0 Å². The second kappa shape index (κ2) is 8.10. The summed E-state index contributed by atoms with van der Waals surface area (Å²) >= 11 is 0. The Morgan fingerprint density at radius 1 is 1.00 bits per heavy atom. The maximum absolute atomic E-state index is 3.75. The summed E-state index contributed by atoms with van der Waals surface area (Å²) in [6.07, 6.45) is 11.5. The van der Waals surface area contributed by atoms with Gasteiger partial charge in [-0.1, -0.05) is 45.4 Å². The van der Waals surface area contributed by atoms with Crippen molar-refractivity contribution in [3.8, 4) is 0 Å². The van der Waals surface area contributed by atoms with Crippen molar-refractivity contribution in [2.45, 2.75) is 46.5 Å². The minimum atomic E-state index is 0.755. The van der Waals surface area contributed by atoms with Gasteiger partial charge in [-0.15, -0.1) is 6.58 Å². The van der Waals surface area contributed by atoms with Crippen LogP contribution in [-0.4, -0.2) is 0 Å². The van der Waals surface area contributed by atoms with E-state index in [-0.39, 0.29) is 0 Å². The molecule has 0 rings (SSSR count). The summed E-state index contributed by atoms with van der Waals surface area (Å²) in [5.41, 5.74) is 0. The first-order chi connectivity index (χ1) is 6.20. The molecule has 0 aliphatic heterocycles. The molecule has 0 aliphatic rings. The molecular weight excluding hydrogens is 156 g/mol. The number of rotatable bonds is 7. The second-order valence-electron chi connectivity index (χ2n) is 4.09. The third-order valence-electron chi connectivity index (χ3n) is 2.51. The lowest BCUT2D eigenvalue weighted by Gasteiger charge is -2.05. The van der Waals surface area contributed by atoms with Gasteiger partial charge in [0, 0.05) is 0 Å². The molecule has 2 unspecified atom stereocenters. The predicted octanol–water partition coefficient (Wildman–Crippen LogP) is 4.58. The molecule has 13 heavy (non-hydrogen) atoms. The Balaban J connectivity index is 3.45. The molecule has 0 radical (unpaired) electrons. The van der Waals surface area contributed by atoms with Crippen LogP contribution < -0.4 is 0 Å². The van der Waals surface area contributed by atoms with Gasteiger partial charge in [0.1, 0.15) is 0 Å². The molecule has 0 heteroatoms. The summed E-state index contributed by atoms with van der Waals surface area (Å²) in [6.45, 7) is 10.6. The fraction of sp³-hybridized carbons (Fsp3) is 0.692. The van der Waals surface area contributed by atoms with Crippen LogP contribution in [0.2, 0.25) is 0 Å². The molecule has 76 valence electrons. The van der Waals surface area contributed by atoms with Crippen LogP contribution >= 0.6 is 0 Å². The third-order valence-corrected chi connectivity index (χ3v) is 2.51. The Kier molecular flexibility index (Phi) is 7.77. The van der Waals surface area contributed by atoms with Crippen LogP contribution in [0.3, 0.4) is 0 Å². The molecule has 0 aromatic rings. The van der Waals surface area contributed by atoms with Gasteiger partial charge in [-0.05, 0) is 31.1 Å². The van der Waals surface area contributed by atoms with E-state index in [0.717, 1.165) is 18.3 Å². The first-order valence-corrected chi connectivity index (χ1v) is 5.46. The summed E-state index contributed by atoms with van der Waals surface area (Å²) in [6, 6.07) is 0. The van der Waals surface area contributed by atoms with Gasteiger partial charge in [-0.3, -0.25) is 0 Å². The lowest BCUT2D eigenvalue weighted by molar-refractivity contribution is 0.565. The topological polar surface area (TPSA) is 0 Å². The van der Waals surface area contributed by atoms with Crippen molar-refractivity contribution < 1.29 is 0 Å². The zero-order chi connectivity index (χ0) is 10.1. The quantitative estimate of drug-likeness (QED) is 0.503. The highest BCUT2D eigenvalue weighted by molar-refractivity contribution is 4.85. The molecule has 0 bridgehead atoms. The molecule has 0 spiro atoms. The highest BCUT2D eigenvalue weighted by Crippen LogP contribution is 2.11. The Labute approximate surface area is 83.7 Å². The average molecular weight is 180 g/mol. The zero-order valence-electron chi connectivity index (χ0n) is 9.42. The predicted molar refractivity (Wildman–Crippen MR) is 61.8 cm³/mol. The number of hydrogen-bond donors (Lipinski definition) is 0. The van der Waals surface area contributed by atoms with E-state index < -0.39 is 0 Å². The largest absolute Gasteiger partial charge is 0.103 e. The van der Waals surface area contributed by atoms with Crippen molar-refractivity contribution >= 4 is 0 Å². The molecule has 0 amide bonds. The molecule has 2 atom stereocenters. The standard InChI is InChI=1S/C13H24/c1-5-9-13(4)11-8-7-10-12(3)6-2/h5,7-8,12-13H,1,6,9-11H2,2-4H3. The molecule has 0 saturated carbocycles. The van der Waals surface area contributed by atoms with Crippen LogP contribution in [0.1, 0.15) is 46.5 Å². The van der Waals surface area contributed by atoms with Gasteiger partial charge in [0.25, 0.3) is 0 Å². The molecule has 0 heterocycles. The SMILES string of the molecule is C=CCC(C)CC=CCC(C)CC. The molecule has 0 N–H and O–H groups in total. The summed E-state index contributed by atoms with van der Waals surface area (Å²) in [4.78, 5) is 0. The zero-order valence-corrected chi connectivity index (χ0v) is 9.42. The molecule has 0 nitrogen and oxygen atoms in total. The summed E-state index contributed by atoms with van der Waals surface area (Å²) < 4.78 is 0. The molecule has 0 saturated heterocycles. The van der Waals surface area contributed by atoms with Crippen LogP contribution in [-0.2, 0) is 0 Å². The summed E-state index contributed by atoms with van der Waals surface area (Å²) in [5, 5.41) is 0. The lowest BCUT2D eigenvalue weighted by atomic mass is 10.0. The molecule has 0 aromatic carbocycles. The van der Waals surface area contributed by atoms with Gasteiger partial charge in [0.2, 0.25) is 0 Å². The van der Waals surface area contributed by atoms with E-state index in [9.17, 15) is 0 Å². The Bertz CT molecular complexity index is 144. The van der Waals surface area contributed by atoms with Crippen LogP contribution in [0.4, 0.5) is 0 Å². The molecule has 0 fully saturated rings. The van der Waals surface area contributed by atoms with Gasteiger partial charge in [-0.25, -0.2) is 0 Å². The first-order valence-electron chi connectivity index (χ1n) is 5.46. The van der Waals surface area contributed by atoms with E-state index in [1.165, 1.54) is 19.3 Å². The normalized spacial score (nSPS) is 15.9. The number of hydrogen-bond acceptors (Lipinski definition) is 0. The number of allylic oxidation sites excluding steroid dienone is 3. The third kappa shape index (κ3) is 7.83. The van der Waals surface area contributed by atoms with Crippen molar-refractivity contribution in [3.63, 3.8) is 0 Å². The molecule has 0 aliphatic carbocycles. The molecule has 0 aromatic heterocycles. The first kappa shape index (κ1) is 12.5. The Morgan fingerprint density at radius 2 is 1.54 bits per heavy atom. The van der Waals surface area contributed by atoms with Crippen molar-refractivity contribution in [1.29, 1.82) is 0 Å². The Hall–Kier alpha value is -0.520.